The monoisotopic (exact) mass is 588 g/mol. The second kappa shape index (κ2) is 12.7. The van der Waals surface area contributed by atoms with Crippen LogP contribution < -0.4 is 24.7 Å². The first kappa shape index (κ1) is 29.0. The summed E-state index contributed by atoms with van der Waals surface area (Å²) in [6.45, 7) is 7.88. The molecule has 2 saturated heterocycles. The lowest BCUT2D eigenvalue weighted by Crippen LogP contribution is -2.46. The topological polar surface area (TPSA) is 97.1 Å². The number of hydrogen-bond donors (Lipinski definition) is 0. The number of amides is 1. The highest BCUT2D eigenvalue weighted by Crippen LogP contribution is 2.38. The molecule has 2 aromatic carbocycles. The Morgan fingerprint density at radius 1 is 0.930 bits per heavy atom. The number of nitrogens with zero attached hydrogens (tertiary/aromatic N) is 4. The van der Waals surface area contributed by atoms with E-state index in [-0.39, 0.29) is 17.6 Å². The van der Waals surface area contributed by atoms with Crippen LogP contribution in [0.4, 0.5) is 11.4 Å². The van der Waals surface area contributed by atoms with Crippen LogP contribution in [-0.2, 0) is 0 Å². The summed E-state index contributed by atoms with van der Waals surface area (Å²) in [6.07, 6.45) is 6.91. The molecule has 0 bridgehead atoms. The fourth-order valence-electron chi connectivity index (χ4n) is 6.44. The Morgan fingerprint density at radius 3 is 2.53 bits per heavy atom. The van der Waals surface area contributed by atoms with Crippen LogP contribution >= 0.6 is 0 Å². The van der Waals surface area contributed by atoms with Crippen LogP contribution in [0.2, 0.25) is 0 Å². The van der Waals surface area contributed by atoms with Crippen LogP contribution in [0.25, 0.3) is 11.0 Å². The molecule has 3 aliphatic rings. The molecule has 0 saturated carbocycles. The number of rotatable bonds is 10. The number of aryl methyl sites for hydroxylation is 1. The summed E-state index contributed by atoms with van der Waals surface area (Å²) < 4.78 is 22.6. The minimum absolute atomic E-state index is 0.0132. The molecule has 0 spiro atoms. The lowest BCUT2D eigenvalue weighted by Gasteiger charge is -2.36. The summed E-state index contributed by atoms with van der Waals surface area (Å²) in [5.74, 6) is 1.92. The normalized spacial score (nSPS) is 18.5. The van der Waals surface area contributed by atoms with Gasteiger partial charge < -0.3 is 28.4 Å². The Morgan fingerprint density at radius 2 is 1.74 bits per heavy atom. The number of methoxy groups -OCH3 is 2. The maximum absolute atomic E-state index is 13.1. The van der Waals surface area contributed by atoms with Gasteiger partial charge in [-0.1, -0.05) is 0 Å². The first-order valence-corrected chi connectivity index (χ1v) is 15.3. The van der Waals surface area contributed by atoms with Crippen molar-refractivity contribution in [1.29, 1.82) is 0 Å². The summed E-state index contributed by atoms with van der Waals surface area (Å²) in [4.78, 5) is 36.7. The van der Waals surface area contributed by atoms with E-state index in [2.05, 4.69) is 14.8 Å². The fourth-order valence-corrected chi connectivity index (χ4v) is 6.44. The van der Waals surface area contributed by atoms with Crippen molar-refractivity contribution in [3.63, 3.8) is 0 Å². The lowest BCUT2D eigenvalue weighted by atomic mass is 10.1. The SMILES string of the molecule is COc1cc2c(cc1OCCCCCN1CCN(c3cc(=O)oc4c(C)c(OC)ccc34)CC1)N=C[C@@H]1CCCN1C2=O. The highest BCUT2D eigenvalue weighted by molar-refractivity contribution is 6.03. The first-order chi connectivity index (χ1) is 21.0. The Kier molecular flexibility index (Phi) is 8.56. The molecule has 3 aliphatic heterocycles. The molecule has 0 aliphatic carbocycles. The van der Waals surface area contributed by atoms with Gasteiger partial charge in [0.2, 0.25) is 0 Å². The van der Waals surface area contributed by atoms with Gasteiger partial charge in [-0.05, 0) is 63.8 Å². The van der Waals surface area contributed by atoms with Crippen molar-refractivity contribution in [2.24, 2.45) is 4.99 Å². The molecule has 43 heavy (non-hydrogen) atoms. The number of carbonyl (C=O) groups excluding carboxylic acids is 1. The Labute approximate surface area is 251 Å². The minimum atomic E-state index is -0.339. The zero-order valence-corrected chi connectivity index (χ0v) is 25.3. The van der Waals surface area contributed by atoms with Gasteiger partial charge in [0.05, 0.1) is 43.8 Å². The van der Waals surface area contributed by atoms with Gasteiger partial charge in [0, 0.05) is 62.0 Å². The quantitative estimate of drug-likeness (QED) is 0.246. The molecular formula is C33H40N4O6. The molecule has 0 radical (unpaired) electrons. The van der Waals surface area contributed by atoms with Gasteiger partial charge in [0.1, 0.15) is 11.3 Å². The molecule has 1 atom stereocenters. The largest absolute Gasteiger partial charge is 0.496 e. The number of carbonyl (C=O) groups is 1. The zero-order chi connectivity index (χ0) is 29.9. The maximum Gasteiger partial charge on any atom is 0.338 e. The van der Waals surface area contributed by atoms with Crippen LogP contribution in [0, 0.1) is 6.92 Å². The van der Waals surface area contributed by atoms with Crippen LogP contribution in [0.3, 0.4) is 0 Å². The van der Waals surface area contributed by atoms with Gasteiger partial charge in [-0.15, -0.1) is 0 Å². The smallest absolute Gasteiger partial charge is 0.338 e. The van der Waals surface area contributed by atoms with Crippen molar-refractivity contribution in [1.82, 2.24) is 9.80 Å². The van der Waals surface area contributed by atoms with Gasteiger partial charge >= 0.3 is 5.63 Å². The number of fused-ring (bicyclic) bond motifs is 3. The highest BCUT2D eigenvalue weighted by Gasteiger charge is 2.32. The molecule has 0 N–H and O–H groups in total. The molecule has 4 heterocycles. The van der Waals surface area contributed by atoms with Gasteiger partial charge in [-0.2, -0.15) is 0 Å². The predicted octanol–water partition coefficient (Wildman–Crippen LogP) is 4.81. The van der Waals surface area contributed by atoms with Crippen molar-refractivity contribution in [3.05, 3.63) is 51.9 Å². The molecule has 228 valence electrons. The summed E-state index contributed by atoms with van der Waals surface area (Å²) in [6, 6.07) is 9.20. The molecule has 2 fully saturated rings. The second-order valence-electron chi connectivity index (χ2n) is 11.5. The number of aliphatic imine (C=N–C) groups is 1. The fraction of sp³-hybridized carbons (Fsp3) is 0.485. The third kappa shape index (κ3) is 5.93. The molecule has 6 rings (SSSR count). The van der Waals surface area contributed by atoms with E-state index in [0.717, 1.165) is 88.0 Å². The molecule has 1 aromatic heterocycles. The average molecular weight is 589 g/mol. The maximum atomic E-state index is 13.1. The number of anilines is 1. The third-order valence-electron chi connectivity index (χ3n) is 8.86. The molecule has 3 aromatic rings. The van der Waals surface area contributed by atoms with E-state index in [0.29, 0.717) is 40.7 Å². The summed E-state index contributed by atoms with van der Waals surface area (Å²) in [5.41, 5.74) is 3.24. The van der Waals surface area contributed by atoms with E-state index in [4.69, 9.17) is 18.6 Å². The Hall–Kier alpha value is -4.05. The standard InChI is InChI=1S/C33H40N4O6/c1-22-28(40-2)10-9-24-27(20-31(38)43-32(22)24)36-15-13-35(14-16-36)11-5-4-6-17-42-30-19-26-25(18-29(30)41-3)33(39)37-12-7-8-23(37)21-34-26/h9-10,18-21,23H,4-8,11-17H2,1-3H3/t23-/m0/s1. The van der Waals surface area contributed by atoms with E-state index >= 15 is 0 Å². The van der Waals surface area contributed by atoms with Gasteiger partial charge in [-0.3, -0.25) is 14.7 Å². The molecule has 10 heteroatoms. The van der Waals surface area contributed by atoms with Gasteiger partial charge in [0.15, 0.2) is 11.5 Å². The van der Waals surface area contributed by atoms with E-state index in [1.54, 1.807) is 26.4 Å². The number of benzene rings is 2. The van der Waals surface area contributed by atoms with Crippen molar-refractivity contribution in [3.8, 4) is 17.2 Å². The van der Waals surface area contributed by atoms with Crippen LogP contribution in [-0.4, -0.2) is 88.1 Å². The Balaban J connectivity index is 0.976. The summed E-state index contributed by atoms with van der Waals surface area (Å²) in [5, 5.41) is 0.941. The number of piperazine rings is 1. The van der Waals surface area contributed by atoms with E-state index < -0.39 is 0 Å². The zero-order valence-electron chi connectivity index (χ0n) is 25.3. The summed E-state index contributed by atoms with van der Waals surface area (Å²) >= 11 is 0. The minimum Gasteiger partial charge on any atom is -0.496 e. The predicted molar refractivity (Wildman–Crippen MR) is 167 cm³/mol. The second-order valence-corrected chi connectivity index (χ2v) is 11.5. The summed E-state index contributed by atoms with van der Waals surface area (Å²) in [7, 11) is 3.22. The lowest BCUT2D eigenvalue weighted by molar-refractivity contribution is 0.0774. The van der Waals surface area contributed by atoms with E-state index in [1.807, 2.05) is 36.2 Å². The van der Waals surface area contributed by atoms with E-state index in [1.165, 1.54) is 0 Å². The number of hydrogen-bond acceptors (Lipinski definition) is 9. The first-order valence-electron chi connectivity index (χ1n) is 15.3. The number of unbranched alkanes of at least 4 members (excludes halogenated alkanes) is 2. The van der Waals surface area contributed by atoms with Crippen molar-refractivity contribution >= 4 is 34.5 Å². The van der Waals surface area contributed by atoms with Crippen molar-refractivity contribution in [2.45, 2.75) is 45.1 Å². The van der Waals surface area contributed by atoms with Crippen LogP contribution in [0.15, 0.2) is 44.5 Å². The number of ether oxygens (including phenoxy) is 3. The van der Waals surface area contributed by atoms with Crippen LogP contribution in [0.5, 0.6) is 17.2 Å². The Bertz CT molecular complexity index is 1580. The average Bonchev–Trinajstić information content (AvgIpc) is 3.46. The molecular weight excluding hydrogens is 548 g/mol. The van der Waals surface area contributed by atoms with Gasteiger partial charge in [0.25, 0.3) is 5.91 Å². The van der Waals surface area contributed by atoms with Crippen molar-refractivity contribution < 1.29 is 23.4 Å². The van der Waals surface area contributed by atoms with Crippen molar-refractivity contribution in [2.75, 3.05) is 65.0 Å². The third-order valence-corrected chi connectivity index (χ3v) is 8.86. The highest BCUT2D eigenvalue weighted by atomic mass is 16.5. The molecule has 10 nitrogen and oxygen atoms in total. The van der Waals surface area contributed by atoms with Gasteiger partial charge in [-0.25, -0.2) is 4.79 Å². The van der Waals surface area contributed by atoms with E-state index in [9.17, 15) is 9.59 Å². The molecule has 0 unspecified atom stereocenters. The van der Waals surface area contributed by atoms with Crippen LogP contribution in [0.1, 0.15) is 48.0 Å². The molecule has 1 amide bonds.